The number of methoxy groups -OCH3 is 1. The molecule has 42 heavy (non-hydrogen) atoms. The Morgan fingerprint density at radius 1 is 0.929 bits per heavy atom. The molecule has 2 heterocycles. The summed E-state index contributed by atoms with van der Waals surface area (Å²) in [6.07, 6.45) is 1.44. The largest absolute Gasteiger partial charge is 0.493 e. The zero-order valence-corrected chi connectivity index (χ0v) is 23.5. The van der Waals surface area contributed by atoms with E-state index in [0.29, 0.717) is 34.1 Å². The summed E-state index contributed by atoms with van der Waals surface area (Å²) in [4.78, 5) is 12.6. The van der Waals surface area contributed by atoms with Crippen LogP contribution in [0, 0.1) is 19.7 Å². The molecule has 0 bridgehead atoms. The fourth-order valence-electron chi connectivity index (χ4n) is 4.45. The quantitative estimate of drug-likeness (QED) is 0.141. The van der Waals surface area contributed by atoms with E-state index in [1.54, 1.807) is 42.5 Å². The van der Waals surface area contributed by atoms with E-state index in [1.807, 2.05) is 24.3 Å². The molecule has 0 aliphatic carbocycles. The lowest BCUT2D eigenvalue weighted by Gasteiger charge is -2.13. The molecule has 0 fully saturated rings. The van der Waals surface area contributed by atoms with E-state index >= 15 is 0 Å². The second-order valence-corrected chi connectivity index (χ2v) is 9.50. The van der Waals surface area contributed by atoms with Crippen LogP contribution in [0.5, 0.6) is 17.2 Å². The number of nitrogens with zero attached hydrogens (tertiary/aromatic N) is 2. The van der Waals surface area contributed by atoms with Gasteiger partial charge in [-0.1, -0.05) is 18.2 Å². The Bertz CT molecular complexity index is 1690. The van der Waals surface area contributed by atoms with Crippen molar-refractivity contribution < 1.29 is 27.8 Å². The molecule has 1 N–H and O–H groups in total. The van der Waals surface area contributed by atoms with Gasteiger partial charge in [0.25, 0.3) is 0 Å². The molecule has 0 atom stereocenters. The van der Waals surface area contributed by atoms with E-state index in [9.17, 15) is 9.18 Å². The van der Waals surface area contributed by atoms with Gasteiger partial charge >= 0.3 is 5.91 Å². The first-order chi connectivity index (χ1) is 20.4. The van der Waals surface area contributed by atoms with Crippen molar-refractivity contribution in [2.24, 2.45) is 5.10 Å². The van der Waals surface area contributed by atoms with Gasteiger partial charge in [-0.3, -0.25) is 4.79 Å². The minimum Gasteiger partial charge on any atom is -0.493 e. The maximum absolute atomic E-state index is 13.5. The van der Waals surface area contributed by atoms with Gasteiger partial charge in [0.1, 0.15) is 30.5 Å². The van der Waals surface area contributed by atoms with Gasteiger partial charge in [-0.2, -0.15) is 5.10 Å². The summed E-state index contributed by atoms with van der Waals surface area (Å²) < 4.78 is 38.5. The van der Waals surface area contributed by atoms with E-state index in [4.69, 9.17) is 18.6 Å². The average molecular weight is 568 g/mol. The first kappa shape index (κ1) is 28.2. The third-order valence-corrected chi connectivity index (χ3v) is 6.50. The summed E-state index contributed by atoms with van der Waals surface area (Å²) in [5.74, 6) is 1.28. The molecule has 9 heteroatoms. The minimum absolute atomic E-state index is 0.0906. The number of carbonyl (C=O) groups excluding carboxylic acids is 1. The number of rotatable bonds is 11. The molecule has 1 amide bonds. The van der Waals surface area contributed by atoms with Crippen molar-refractivity contribution in [3.63, 3.8) is 0 Å². The Balaban J connectivity index is 1.17. The molecule has 0 saturated heterocycles. The molecule has 214 valence electrons. The normalized spacial score (nSPS) is 11.0. The summed E-state index contributed by atoms with van der Waals surface area (Å²) in [5, 5.41) is 4.05. The van der Waals surface area contributed by atoms with E-state index < -0.39 is 5.91 Å². The lowest BCUT2D eigenvalue weighted by atomic mass is 10.2. The molecule has 3 aromatic carbocycles. The third-order valence-electron chi connectivity index (χ3n) is 6.50. The molecule has 0 unspecified atom stereocenters. The molecule has 5 rings (SSSR count). The predicted molar refractivity (Wildman–Crippen MR) is 157 cm³/mol. The summed E-state index contributed by atoms with van der Waals surface area (Å²) >= 11 is 0. The number of furan rings is 1. The lowest BCUT2D eigenvalue weighted by molar-refractivity contribution is 0.0923. The van der Waals surface area contributed by atoms with Crippen molar-refractivity contribution in [1.82, 2.24) is 9.99 Å². The van der Waals surface area contributed by atoms with Gasteiger partial charge in [-0.25, -0.2) is 9.82 Å². The SMILES string of the molecule is COc1cccc(C=NNC(=O)c2ccc(COc3ccc(-n4c(C)ccc4C)cc3)o2)c1OCc1cccc(F)c1. The maximum atomic E-state index is 13.5. The van der Waals surface area contributed by atoms with E-state index in [1.165, 1.54) is 25.5 Å². The topological polar surface area (TPSA) is 87.2 Å². The summed E-state index contributed by atoms with van der Waals surface area (Å²) in [7, 11) is 1.52. The zero-order valence-electron chi connectivity index (χ0n) is 23.5. The van der Waals surface area contributed by atoms with Gasteiger partial charge in [-0.05, 0) is 92.2 Å². The Morgan fingerprint density at radius 3 is 2.43 bits per heavy atom. The van der Waals surface area contributed by atoms with E-state index in [-0.39, 0.29) is 24.8 Å². The highest BCUT2D eigenvalue weighted by Crippen LogP contribution is 2.31. The highest BCUT2D eigenvalue weighted by Gasteiger charge is 2.13. The number of ether oxygens (including phenoxy) is 3. The van der Waals surface area contributed by atoms with Crippen LogP contribution >= 0.6 is 0 Å². The number of halogens is 1. The number of nitrogens with one attached hydrogen (secondary N) is 1. The predicted octanol–water partition coefficient (Wildman–Crippen LogP) is 6.76. The fraction of sp³-hybridized carbons (Fsp3) is 0.152. The van der Waals surface area contributed by atoms with Crippen LogP contribution in [0.2, 0.25) is 0 Å². The van der Waals surface area contributed by atoms with Gasteiger partial charge in [0.05, 0.1) is 13.3 Å². The molecule has 5 aromatic rings. The van der Waals surface area contributed by atoms with Gasteiger partial charge in [-0.15, -0.1) is 0 Å². The van der Waals surface area contributed by atoms with Crippen molar-refractivity contribution in [1.29, 1.82) is 0 Å². The van der Waals surface area contributed by atoms with Gasteiger partial charge < -0.3 is 23.2 Å². The Morgan fingerprint density at radius 2 is 1.69 bits per heavy atom. The van der Waals surface area contributed by atoms with Crippen LogP contribution in [0.3, 0.4) is 0 Å². The van der Waals surface area contributed by atoms with Gasteiger partial charge in [0.2, 0.25) is 0 Å². The number of hydrogen-bond acceptors (Lipinski definition) is 6. The summed E-state index contributed by atoms with van der Waals surface area (Å²) in [5.41, 5.74) is 7.05. The molecule has 2 aromatic heterocycles. The number of benzene rings is 3. The van der Waals surface area contributed by atoms with Crippen molar-refractivity contribution in [2.75, 3.05) is 7.11 Å². The molecule has 0 aliphatic rings. The smallest absolute Gasteiger partial charge is 0.307 e. The Kier molecular flexibility index (Phi) is 8.67. The number of hydrogen-bond donors (Lipinski definition) is 1. The monoisotopic (exact) mass is 567 g/mol. The molecular weight excluding hydrogens is 537 g/mol. The van der Waals surface area contributed by atoms with Crippen LogP contribution < -0.4 is 19.6 Å². The fourth-order valence-corrected chi connectivity index (χ4v) is 4.45. The summed E-state index contributed by atoms with van der Waals surface area (Å²) in [6, 6.07) is 26.6. The van der Waals surface area contributed by atoms with E-state index in [0.717, 1.165) is 17.1 Å². The molecule has 8 nitrogen and oxygen atoms in total. The van der Waals surface area contributed by atoms with E-state index in [2.05, 4.69) is 41.1 Å². The van der Waals surface area contributed by atoms with Crippen molar-refractivity contribution in [3.8, 4) is 22.9 Å². The van der Waals surface area contributed by atoms with Gasteiger partial charge in [0.15, 0.2) is 17.3 Å². The zero-order chi connectivity index (χ0) is 29.5. The van der Waals surface area contributed by atoms with Crippen LogP contribution in [0.1, 0.15) is 38.8 Å². The molecule has 0 radical (unpaired) electrons. The highest BCUT2D eigenvalue weighted by molar-refractivity contribution is 5.93. The maximum Gasteiger partial charge on any atom is 0.307 e. The Labute approximate surface area is 243 Å². The molecular formula is C33H30FN3O5. The molecule has 0 spiro atoms. The van der Waals surface area contributed by atoms with Crippen molar-refractivity contribution in [3.05, 3.63) is 131 Å². The number of carbonyl (C=O) groups is 1. The van der Waals surface area contributed by atoms with Crippen LogP contribution in [0.15, 0.2) is 101 Å². The summed E-state index contributed by atoms with van der Waals surface area (Å²) in [6.45, 7) is 4.41. The molecule has 0 aliphatic heterocycles. The standard InChI is InChI=1S/C33H30FN3O5/c1-22-10-11-23(2)37(22)27-12-14-28(15-13-27)40-21-29-16-17-31(42-29)33(38)36-35-19-25-7-5-9-30(39-3)32(25)41-20-24-6-4-8-26(34)18-24/h4-19H,20-21H2,1-3H3,(H,36,38). The van der Waals surface area contributed by atoms with Gasteiger partial charge in [0, 0.05) is 22.6 Å². The van der Waals surface area contributed by atoms with Crippen molar-refractivity contribution >= 4 is 12.1 Å². The van der Waals surface area contributed by atoms with Crippen LogP contribution in [0.25, 0.3) is 5.69 Å². The number of aryl methyl sites for hydroxylation is 2. The number of para-hydroxylation sites is 1. The first-order valence-electron chi connectivity index (χ1n) is 13.3. The average Bonchev–Trinajstić information content (AvgIpc) is 3.61. The minimum atomic E-state index is -0.524. The second kappa shape index (κ2) is 12.9. The third kappa shape index (κ3) is 6.69. The Hall–Kier alpha value is -5.31. The number of amides is 1. The van der Waals surface area contributed by atoms with Crippen molar-refractivity contribution in [2.45, 2.75) is 27.1 Å². The highest BCUT2D eigenvalue weighted by atomic mass is 19.1. The van der Waals surface area contributed by atoms with Crippen LogP contribution in [0.4, 0.5) is 4.39 Å². The first-order valence-corrected chi connectivity index (χ1v) is 13.3. The second-order valence-electron chi connectivity index (χ2n) is 9.50. The van der Waals surface area contributed by atoms with Crippen LogP contribution in [-0.2, 0) is 13.2 Å². The molecule has 0 saturated carbocycles. The number of aromatic nitrogens is 1. The van der Waals surface area contributed by atoms with Crippen LogP contribution in [-0.4, -0.2) is 23.8 Å². The lowest BCUT2D eigenvalue weighted by Crippen LogP contribution is -2.17. The number of hydrazone groups is 1.